The number of benzene rings is 2. The standard InChI is InChI=1S/C27H27N5O4S/c33-25(22-3-1-12-28-16-22)18-29-17-23-8-4-21-15-20(7-11-26(21)36-23)19-5-9-24(10-6-19)37(34,35)32-27-30-13-2-14-31-27/h1-3,5-7,9-16,23,25,29,33H,4,8,17-18H2,(H,30,31,32)/t23-,25?/m0/s1. The summed E-state index contributed by atoms with van der Waals surface area (Å²) < 4.78 is 33.8. The lowest BCUT2D eigenvalue weighted by Gasteiger charge is -2.27. The fraction of sp³-hybridized carbons (Fsp3) is 0.222. The van der Waals surface area contributed by atoms with Crippen LogP contribution >= 0.6 is 0 Å². The van der Waals surface area contributed by atoms with E-state index in [1.165, 1.54) is 12.4 Å². The minimum atomic E-state index is -3.78. The van der Waals surface area contributed by atoms with Gasteiger partial charge < -0.3 is 15.2 Å². The number of sulfonamides is 1. The predicted molar refractivity (Wildman–Crippen MR) is 140 cm³/mol. The second kappa shape index (κ2) is 11.0. The first kappa shape index (κ1) is 24.8. The van der Waals surface area contributed by atoms with Gasteiger partial charge in [0.05, 0.1) is 11.0 Å². The molecule has 10 heteroatoms. The maximum atomic E-state index is 12.6. The number of nitrogens with zero attached hydrogens (tertiary/aromatic N) is 3. The molecule has 0 saturated heterocycles. The summed E-state index contributed by atoms with van der Waals surface area (Å²) in [6.45, 7) is 1.06. The minimum absolute atomic E-state index is 0.0185. The van der Waals surface area contributed by atoms with Crippen molar-refractivity contribution in [2.24, 2.45) is 0 Å². The number of ether oxygens (including phenoxy) is 1. The first-order chi connectivity index (χ1) is 18.0. The third kappa shape index (κ3) is 6.11. The summed E-state index contributed by atoms with van der Waals surface area (Å²) in [6, 6.07) is 18.0. The highest BCUT2D eigenvalue weighted by Gasteiger charge is 2.21. The van der Waals surface area contributed by atoms with Gasteiger partial charge in [0.1, 0.15) is 11.9 Å². The van der Waals surface area contributed by atoms with Crippen LogP contribution in [0.5, 0.6) is 5.75 Å². The summed E-state index contributed by atoms with van der Waals surface area (Å²) in [5.41, 5.74) is 3.79. The fourth-order valence-corrected chi connectivity index (χ4v) is 5.16. The largest absolute Gasteiger partial charge is 0.489 e. The molecule has 2 atom stereocenters. The van der Waals surface area contributed by atoms with Crippen molar-refractivity contribution < 1.29 is 18.3 Å². The Bertz CT molecular complexity index is 1440. The highest BCUT2D eigenvalue weighted by atomic mass is 32.2. The van der Waals surface area contributed by atoms with Gasteiger partial charge >= 0.3 is 0 Å². The second-order valence-electron chi connectivity index (χ2n) is 8.76. The van der Waals surface area contributed by atoms with Gasteiger partial charge in [0.2, 0.25) is 5.95 Å². The van der Waals surface area contributed by atoms with Gasteiger partial charge in [0, 0.05) is 43.4 Å². The summed E-state index contributed by atoms with van der Waals surface area (Å²) in [5, 5.41) is 13.6. The van der Waals surface area contributed by atoms with Crippen LogP contribution in [0.1, 0.15) is 23.7 Å². The van der Waals surface area contributed by atoms with Crippen molar-refractivity contribution in [3.8, 4) is 16.9 Å². The smallest absolute Gasteiger partial charge is 0.264 e. The average Bonchev–Trinajstić information content (AvgIpc) is 2.93. The molecule has 37 heavy (non-hydrogen) atoms. The molecule has 4 aromatic rings. The second-order valence-corrected chi connectivity index (χ2v) is 10.4. The van der Waals surface area contributed by atoms with Gasteiger partial charge in [-0.1, -0.05) is 24.3 Å². The zero-order chi connectivity index (χ0) is 25.7. The van der Waals surface area contributed by atoms with E-state index >= 15 is 0 Å². The third-order valence-corrected chi connectivity index (χ3v) is 7.50. The van der Waals surface area contributed by atoms with Crippen molar-refractivity contribution in [2.75, 3.05) is 17.8 Å². The molecule has 0 aliphatic carbocycles. The lowest BCUT2D eigenvalue weighted by Crippen LogP contribution is -2.36. The Hall–Kier alpha value is -3.86. The van der Waals surface area contributed by atoms with Crippen LogP contribution in [0.25, 0.3) is 11.1 Å². The molecule has 3 N–H and O–H groups in total. The molecule has 0 saturated carbocycles. The maximum Gasteiger partial charge on any atom is 0.264 e. The Labute approximate surface area is 215 Å². The fourth-order valence-electron chi connectivity index (χ4n) is 4.20. The summed E-state index contributed by atoms with van der Waals surface area (Å²) in [4.78, 5) is 12.0. The zero-order valence-corrected chi connectivity index (χ0v) is 20.8. The number of fused-ring (bicyclic) bond motifs is 1. The van der Waals surface area contributed by atoms with Gasteiger partial charge in [-0.05, 0) is 65.9 Å². The van der Waals surface area contributed by atoms with E-state index < -0.39 is 16.1 Å². The van der Waals surface area contributed by atoms with Gasteiger partial charge in [-0.25, -0.2) is 23.1 Å². The number of rotatable bonds is 9. The number of anilines is 1. The average molecular weight is 518 g/mol. The van der Waals surface area contributed by atoms with Crippen LogP contribution in [0.3, 0.4) is 0 Å². The van der Waals surface area contributed by atoms with Gasteiger partial charge in [0.25, 0.3) is 10.0 Å². The molecule has 2 aromatic carbocycles. The molecule has 5 rings (SSSR count). The molecule has 0 bridgehead atoms. The van der Waals surface area contributed by atoms with Crippen molar-refractivity contribution in [3.63, 3.8) is 0 Å². The van der Waals surface area contributed by atoms with Gasteiger partial charge in [-0.15, -0.1) is 0 Å². The number of nitrogens with one attached hydrogen (secondary N) is 2. The summed E-state index contributed by atoms with van der Waals surface area (Å²) >= 11 is 0. The molecule has 1 unspecified atom stereocenters. The highest BCUT2D eigenvalue weighted by molar-refractivity contribution is 7.92. The van der Waals surface area contributed by atoms with E-state index in [1.807, 2.05) is 24.3 Å². The summed E-state index contributed by atoms with van der Waals surface area (Å²) in [5.74, 6) is 0.875. The highest BCUT2D eigenvalue weighted by Crippen LogP contribution is 2.32. The van der Waals surface area contributed by atoms with E-state index in [0.717, 1.165) is 40.8 Å². The molecule has 0 spiro atoms. The summed E-state index contributed by atoms with van der Waals surface area (Å²) in [6.07, 6.45) is 7.43. The van der Waals surface area contributed by atoms with Crippen LogP contribution < -0.4 is 14.8 Å². The van der Waals surface area contributed by atoms with E-state index in [9.17, 15) is 13.5 Å². The van der Waals surface area contributed by atoms with E-state index in [1.54, 1.807) is 42.7 Å². The molecule has 1 aliphatic heterocycles. The first-order valence-corrected chi connectivity index (χ1v) is 13.4. The molecule has 1 aliphatic rings. The first-order valence-electron chi connectivity index (χ1n) is 12.0. The summed E-state index contributed by atoms with van der Waals surface area (Å²) in [7, 11) is -3.78. The van der Waals surface area contributed by atoms with Crippen LogP contribution in [0, 0.1) is 0 Å². The third-order valence-electron chi connectivity index (χ3n) is 6.16. The number of aromatic nitrogens is 3. The Morgan fingerprint density at radius 3 is 2.54 bits per heavy atom. The van der Waals surface area contributed by atoms with E-state index in [-0.39, 0.29) is 16.9 Å². The van der Waals surface area contributed by atoms with Crippen molar-refractivity contribution in [2.45, 2.75) is 29.9 Å². The molecule has 2 aromatic heterocycles. The van der Waals surface area contributed by atoms with Crippen molar-refractivity contribution in [3.05, 3.63) is 96.6 Å². The molecule has 0 fully saturated rings. The monoisotopic (exact) mass is 517 g/mol. The number of aryl methyl sites for hydroxylation is 1. The minimum Gasteiger partial charge on any atom is -0.489 e. The van der Waals surface area contributed by atoms with Crippen LogP contribution in [0.2, 0.25) is 0 Å². The number of hydrogen-bond donors (Lipinski definition) is 3. The number of aliphatic hydroxyl groups is 1. The topological polar surface area (TPSA) is 126 Å². The van der Waals surface area contributed by atoms with Crippen LogP contribution in [-0.2, 0) is 16.4 Å². The molecule has 0 amide bonds. The molecular formula is C27H27N5O4S. The predicted octanol–water partition coefficient (Wildman–Crippen LogP) is 3.36. The lowest BCUT2D eigenvalue weighted by molar-refractivity contribution is 0.146. The van der Waals surface area contributed by atoms with Crippen molar-refractivity contribution >= 4 is 16.0 Å². The molecular weight excluding hydrogens is 490 g/mol. The van der Waals surface area contributed by atoms with Gasteiger partial charge in [-0.3, -0.25) is 4.98 Å². The van der Waals surface area contributed by atoms with Gasteiger partial charge in [-0.2, -0.15) is 0 Å². The Kier molecular flexibility index (Phi) is 7.40. The van der Waals surface area contributed by atoms with Crippen molar-refractivity contribution in [1.82, 2.24) is 20.3 Å². The Morgan fingerprint density at radius 1 is 1.00 bits per heavy atom. The van der Waals surface area contributed by atoms with Gasteiger partial charge in [0.15, 0.2) is 0 Å². The Balaban J connectivity index is 1.19. The maximum absolute atomic E-state index is 12.6. The van der Waals surface area contributed by atoms with Crippen molar-refractivity contribution in [1.29, 1.82) is 0 Å². The van der Waals surface area contributed by atoms with Crippen LogP contribution in [0.4, 0.5) is 5.95 Å². The number of hydrogen-bond acceptors (Lipinski definition) is 8. The molecule has 190 valence electrons. The lowest BCUT2D eigenvalue weighted by atomic mass is 9.97. The van der Waals surface area contributed by atoms with Crippen LogP contribution in [0.15, 0.2) is 90.3 Å². The molecule has 3 heterocycles. The SMILES string of the molecule is O=S(=O)(Nc1ncccn1)c1ccc(-c2ccc3c(c2)CC[C@@H](CNCC(O)c2cccnc2)O3)cc1. The van der Waals surface area contributed by atoms with E-state index in [2.05, 4.69) is 31.1 Å². The van der Waals surface area contributed by atoms with E-state index in [4.69, 9.17) is 4.74 Å². The molecule has 0 radical (unpaired) electrons. The normalized spacial score (nSPS) is 15.9. The molecule has 9 nitrogen and oxygen atoms in total. The number of aliphatic hydroxyl groups excluding tert-OH is 1. The quantitative estimate of drug-likeness (QED) is 0.309. The zero-order valence-electron chi connectivity index (χ0n) is 20.0. The Morgan fingerprint density at radius 2 is 1.78 bits per heavy atom. The van der Waals surface area contributed by atoms with Crippen LogP contribution in [-0.4, -0.2) is 47.7 Å². The van der Waals surface area contributed by atoms with E-state index in [0.29, 0.717) is 13.1 Å². The number of pyridine rings is 1.